The zero-order valence-electron chi connectivity index (χ0n) is 10.1. The lowest BCUT2D eigenvalue weighted by molar-refractivity contribution is -0.0622. The normalized spacial score (nSPS) is 28.1. The van der Waals surface area contributed by atoms with Gasteiger partial charge in [-0.15, -0.1) is 12.3 Å². The summed E-state index contributed by atoms with van der Waals surface area (Å²) in [7, 11) is 0. The van der Waals surface area contributed by atoms with Crippen molar-refractivity contribution in [1.82, 2.24) is 5.32 Å². The molecule has 1 aliphatic heterocycles. The Labute approximate surface area is 99.1 Å². The molecule has 1 saturated carbocycles. The number of terminal acetylenes is 1. The first-order valence-electron chi connectivity index (χ1n) is 6.67. The maximum absolute atomic E-state index is 6.26. The van der Waals surface area contributed by atoms with Crippen molar-refractivity contribution in [3.05, 3.63) is 0 Å². The van der Waals surface area contributed by atoms with E-state index in [-0.39, 0.29) is 5.60 Å². The zero-order valence-corrected chi connectivity index (χ0v) is 10.1. The summed E-state index contributed by atoms with van der Waals surface area (Å²) < 4.78 is 6.26. The molecule has 1 heterocycles. The molecule has 90 valence electrons. The van der Waals surface area contributed by atoms with Crippen LogP contribution in [0.3, 0.4) is 0 Å². The maximum Gasteiger partial charge on any atom is 0.0708 e. The van der Waals surface area contributed by atoms with Crippen LogP contribution in [0.25, 0.3) is 0 Å². The number of ether oxygens (including phenoxy) is 1. The van der Waals surface area contributed by atoms with Crippen LogP contribution in [0.5, 0.6) is 0 Å². The molecule has 2 fully saturated rings. The van der Waals surface area contributed by atoms with Crippen LogP contribution in [-0.4, -0.2) is 24.8 Å². The van der Waals surface area contributed by atoms with Gasteiger partial charge in [0.25, 0.3) is 0 Å². The summed E-state index contributed by atoms with van der Waals surface area (Å²) in [6.07, 6.45) is 15.6. The second-order valence-electron chi connectivity index (χ2n) is 5.18. The lowest BCUT2D eigenvalue weighted by Gasteiger charge is -2.33. The second-order valence-corrected chi connectivity index (χ2v) is 5.18. The smallest absolute Gasteiger partial charge is 0.0708 e. The van der Waals surface area contributed by atoms with Gasteiger partial charge in [0.15, 0.2) is 0 Å². The standard InChI is InChI=1S/C14H23NO/c1-2-3-11-15-12-13-7-10-14(16-13)8-5-4-6-9-14/h1,13,15H,3-12H2. The molecule has 1 N–H and O–H groups in total. The Morgan fingerprint density at radius 3 is 2.81 bits per heavy atom. The van der Waals surface area contributed by atoms with Crippen molar-refractivity contribution in [3.63, 3.8) is 0 Å². The average molecular weight is 221 g/mol. The maximum atomic E-state index is 6.26. The molecule has 0 radical (unpaired) electrons. The number of nitrogens with one attached hydrogen (secondary N) is 1. The van der Waals surface area contributed by atoms with E-state index in [2.05, 4.69) is 11.2 Å². The van der Waals surface area contributed by atoms with Crippen LogP contribution in [-0.2, 0) is 4.74 Å². The third-order valence-electron chi connectivity index (χ3n) is 3.92. The molecule has 0 amide bonds. The minimum atomic E-state index is 0.261. The fourth-order valence-electron chi connectivity index (χ4n) is 3.03. The topological polar surface area (TPSA) is 21.3 Å². The van der Waals surface area contributed by atoms with Crippen LogP contribution < -0.4 is 5.32 Å². The van der Waals surface area contributed by atoms with Crippen LogP contribution in [0.2, 0.25) is 0 Å². The van der Waals surface area contributed by atoms with Gasteiger partial charge >= 0.3 is 0 Å². The van der Waals surface area contributed by atoms with Gasteiger partial charge in [0, 0.05) is 19.5 Å². The van der Waals surface area contributed by atoms with Gasteiger partial charge in [0.2, 0.25) is 0 Å². The Bertz CT molecular complexity index is 250. The fraction of sp³-hybridized carbons (Fsp3) is 0.857. The van der Waals surface area contributed by atoms with Gasteiger partial charge < -0.3 is 10.1 Å². The molecule has 2 nitrogen and oxygen atoms in total. The minimum Gasteiger partial charge on any atom is -0.370 e. The Morgan fingerprint density at radius 1 is 1.25 bits per heavy atom. The largest absolute Gasteiger partial charge is 0.370 e. The predicted molar refractivity (Wildman–Crippen MR) is 66.2 cm³/mol. The van der Waals surface area contributed by atoms with Crippen LogP contribution >= 0.6 is 0 Å². The van der Waals surface area contributed by atoms with Crippen LogP contribution in [0.1, 0.15) is 51.4 Å². The molecule has 1 unspecified atom stereocenters. The van der Waals surface area contributed by atoms with E-state index in [1.807, 2.05) is 0 Å². The molecule has 2 rings (SSSR count). The van der Waals surface area contributed by atoms with Crippen LogP contribution in [0.15, 0.2) is 0 Å². The summed E-state index contributed by atoms with van der Waals surface area (Å²) >= 11 is 0. The third-order valence-corrected chi connectivity index (χ3v) is 3.92. The van der Waals surface area contributed by atoms with Crippen molar-refractivity contribution in [2.45, 2.75) is 63.1 Å². The van der Waals surface area contributed by atoms with Crippen molar-refractivity contribution in [3.8, 4) is 12.3 Å². The second kappa shape index (κ2) is 5.70. The zero-order chi connectivity index (χ0) is 11.3. The van der Waals surface area contributed by atoms with E-state index in [9.17, 15) is 0 Å². The van der Waals surface area contributed by atoms with Gasteiger partial charge in [-0.1, -0.05) is 19.3 Å². The summed E-state index contributed by atoms with van der Waals surface area (Å²) in [5.41, 5.74) is 0.261. The van der Waals surface area contributed by atoms with Crippen molar-refractivity contribution in [1.29, 1.82) is 0 Å². The Morgan fingerprint density at radius 2 is 2.06 bits per heavy atom. The number of hydrogen-bond acceptors (Lipinski definition) is 2. The highest BCUT2D eigenvalue weighted by atomic mass is 16.5. The highest BCUT2D eigenvalue weighted by Gasteiger charge is 2.40. The van der Waals surface area contributed by atoms with Crippen molar-refractivity contribution in [2.24, 2.45) is 0 Å². The van der Waals surface area contributed by atoms with Gasteiger partial charge in [0.1, 0.15) is 0 Å². The first-order valence-corrected chi connectivity index (χ1v) is 6.67. The molecule has 0 bridgehead atoms. The molecule has 0 aromatic carbocycles. The minimum absolute atomic E-state index is 0.261. The van der Waals surface area contributed by atoms with E-state index in [0.717, 1.165) is 19.5 Å². The van der Waals surface area contributed by atoms with Crippen LogP contribution in [0, 0.1) is 12.3 Å². The number of rotatable bonds is 4. The van der Waals surface area contributed by atoms with Gasteiger partial charge in [-0.05, 0) is 25.7 Å². The van der Waals surface area contributed by atoms with Gasteiger partial charge in [-0.3, -0.25) is 0 Å². The molecular formula is C14H23NO. The Hall–Kier alpha value is -0.520. The van der Waals surface area contributed by atoms with E-state index in [1.165, 1.54) is 44.9 Å². The van der Waals surface area contributed by atoms with E-state index >= 15 is 0 Å². The summed E-state index contributed by atoms with van der Waals surface area (Å²) in [6, 6.07) is 0. The van der Waals surface area contributed by atoms with Crippen molar-refractivity contribution < 1.29 is 4.74 Å². The molecule has 2 heteroatoms. The van der Waals surface area contributed by atoms with Gasteiger partial charge in [0.05, 0.1) is 11.7 Å². The summed E-state index contributed by atoms with van der Waals surface area (Å²) in [5, 5.41) is 3.38. The van der Waals surface area contributed by atoms with Crippen LogP contribution in [0.4, 0.5) is 0 Å². The SMILES string of the molecule is C#CCCNCC1CCC2(CCCCC2)O1. The van der Waals surface area contributed by atoms with Gasteiger partial charge in [-0.2, -0.15) is 0 Å². The molecule has 0 aromatic rings. The van der Waals surface area contributed by atoms with Crippen molar-refractivity contribution in [2.75, 3.05) is 13.1 Å². The lowest BCUT2D eigenvalue weighted by Crippen LogP contribution is -2.34. The van der Waals surface area contributed by atoms with Gasteiger partial charge in [-0.25, -0.2) is 0 Å². The summed E-state index contributed by atoms with van der Waals surface area (Å²) in [5.74, 6) is 2.65. The average Bonchev–Trinajstić information content (AvgIpc) is 2.69. The molecule has 16 heavy (non-hydrogen) atoms. The van der Waals surface area contributed by atoms with E-state index in [0.29, 0.717) is 6.10 Å². The highest BCUT2D eigenvalue weighted by Crippen LogP contribution is 2.41. The highest BCUT2D eigenvalue weighted by molar-refractivity contribution is 4.92. The Balaban J connectivity index is 1.69. The molecule has 1 atom stereocenters. The van der Waals surface area contributed by atoms with E-state index < -0.39 is 0 Å². The molecule has 0 aromatic heterocycles. The first kappa shape index (κ1) is 12.0. The van der Waals surface area contributed by atoms with Crippen molar-refractivity contribution >= 4 is 0 Å². The summed E-state index contributed by atoms with van der Waals surface area (Å²) in [6.45, 7) is 1.90. The molecule has 1 aliphatic carbocycles. The quantitative estimate of drug-likeness (QED) is 0.581. The molecule has 1 spiro atoms. The summed E-state index contributed by atoms with van der Waals surface area (Å²) in [4.78, 5) is 0. The Kier molecular flexibility index (Phi) is 4.26. The first-order chi connectivity index (χ1) is 7.85. The van der Waals surface area contributed by atoms with E-state index in [4.69, 9.17) is 11.2 Å². The molecular weight excluding hydrogens is 198 g/mol. The number of hydrogen-bond donors (Lipinski definition) is 1. The molecule has 1 saturated heterocycles. The van der Waals surface area contributed by atoms with E-state index in [1.54, 1.807) is 0 Å². The lowest BCUT2D eigenvalue weighted by atomic mass is 9.83. The third kappa shape index (κ3) is 2.99. The molecule has 2 aliphatic rings. The fourth-order valence-corrected chi connectivity index (χ4v) is 3.03. The predicted octanol–water partition coefficient (Wildman–Crippen LogP) is 2.48. The monoisotopic (exact) mass is 221 g/mol.